The zero-order valence-electron chi connectivity index (χ0n) is 17.9. The van der Waals surface area contributed by atoms with Crippen LogP contribution in [0, 0.1) is 0 Å². The van der Waals surface area contributed by atoms with Crippen molar-refractivity contribution in [2.24, 2.45) is 5.73 Å². The summed E-state index contributed by atoms with van der Waals surface area (Å²) in [6, 6.07) is 14.0. The van der Waals surface area contributed by atoms with Crippen molar-refractivity contribution in [1.29, 1.82) is 0 Å². The fourth-order valence-corrected chi connectivity index (χ4v) is 2.87. The molecule has 0 radical (unpaired) electrons. The molecular formula is C22H33Cl2NO4S2. The monoisotopic (exact) mass is 509 g/mol. The molecule has 0 saturated carbocycles. The number of hydrogen-bond donors (Lipinski definition) is 3. The van der Waals surface area contributed by atoms with Crippen molar-refractivity contribution >= 4 is 56.2 Å². The Labute approximate surface area is 208 Å². The molecule has 2 rings (SSSR count). The van der Waals surface area contributed by atoms with Gasteiger partial charge >= 0.3 is 5.97 Å². The van der Waals surface area contributed by atoms with Crippen LogP contribution in [-0.4, -0.2) is 35.0 Å². The zero-order valence-corrected chi connectivity index (χ0v) is 21.5. The number of aliphatic hydroxyl groups is 2. The number of benzene rings is 2. The molecule has 2 atom stereocenters. The highest BCUT2D eigenvalue weighted by Crippen LogP contribution is 2.23. The number of halogens is 2. The molecule has 0 spiro atoms. The molecule has 5 nitrogen and oxygen atoms in total. The first-order valence-electron chi connectivity index (χ1n) is 9.25. The molecule has 0 aliphatic rings. The van der Waals surface area contributed by atoms with Crippen LogP contribution >= 0.6 is 50.2 Å². The maximum absolute atomic E-state index is 11.7. The summed E-state index contributed by atoms with van der Waals surface area (Å²) in [5, 5.41) is 19.3. The second kappa shape index (κ2) is 15.8. The van der Waals surface area contributed by atoms with Gasteiger partial charge in [0.1, 0.15) is 5.60 Å². The molecular weight excluding hydrogens is 477 g/mol. The third-order valence-corrected chi connectivity index (χ3v) is 4.32. The second-order valence-corrected chi connectivity index (χ2v) is 8.44. The topological polar surface area (TPSA) is 92.8 Å². The molecule has 0 unspecified atom stereocenters. The number of carbonyl (C=O) groups is 1. The van der Waals surface area contributed by atoms with Gasteiger partial charge in [-0.25, -0.2) is 0 Å². The van der Waals surface area contributed by atoms with E-state index in [1.165, 1.54) is 0 Å². The molecule has 0 amide bonds. The van der Waals surface area contributed by atoms with Crippen molar-refractivity contribution < 1.29 is 19.7 Å². The van der Waals surface area contributed by atoms with Gasteiger partial charge in [-0.05, 0) is 56.2 Å². The number of hydrogen-bond acceptors (Lipinski definition) is 5. The van der Waals surface area contributed by atoms with E-state index in [1.807, 2.05) is 39.0 Å². The first-order chi connectivity index (χ1) is 13.6. The Morgan fingerprint density at radius 2 is 1.45 bits per heavy atom. The Bertz CT molecular complexity index is 788. The van der Waals surface area contributed by atoms with E-state index in [0.29, 0.717) is 10.0 Å². The summed E-state index contributed by atoms with van der Waals surface area (Å²) in [5.41, 5.74) is 6.75. The average molecular weight is 511 g/mol. The van der Waals surface area contributed by atoms with Crippen molar-refractivity contribution in [2.75, 3.05) is 13.2 Å². The minimum Gasteiger partial charge on any atom is -0.460 e. The zero-order chi connectivity index (χ0) is 22.0. The third kappa shape index (κ3) is 13.3. The molecule has 0 fully saturated rings. The van der Waals surface area contributed by atoms with Crippen LogP contribution in [0.15, 0.2) is 48.5 Å². The van der Waals surface area contributed by atoms with Gasteiger partial charge in [0.2, 0.25) is 0 Å². The lowest BCUT2D eigenvalue weighted by Crippen LogP contribution is -2.25. The van der Waals surface area contributed by atoms with E-state index in [0.717, 1.165) is 11.1 Å². The lowest BCUT2D eigenvalue weighted by Gasteiger charge is -2.21. The minimum atomic E-state index is -0.509. The maximum Gasteiger partial charge on any atom is 0.307 e. The van der Waals surface area contributed by atoms with Crippen LogP contribution in [0.1, 0.15) is 50.3 Å². The van der Waals surface area contributed by atoms with Crippen LogP contribution in [0.25, 0.3) is 0 Å². The fraction of sp³-hybridized carbons (Fsp3) is 0.409. The first kappa shape index (κ1) is 32.3. The number of rotatable bonds is 6. The Kier molecular flexibility index (Phi) is 16.4. The van der Waals surface area contributed by atoms with Crippen LogP contribution in [0.2, 0.25) is 10.0 Å². The van der Waals surface area contributed by atoms with Crippen molar-refractivity contribution in [3.05, 3.63) is 69.7 Å². The quantitative estimate of drug-likeness (QED) is 0.490. The molecule has 0 heterocycles. The lowest BCUT2D eigenvalue weighted by molar-refractivity contribution is -0.155. The van der Waals surface area contributed by atoms with E-state index in [2.05, 4.69) is 0 Å². The largest absolute Gasteiger partial charge is 0.460 e. The second-order valence-electron chi connectivity index (χ2n) is 7.57. The normalized spacial score (nSPS) is 12.3. The first-order valence-corrected chi connectivity index (χ1v) is 10.0. The van der Waals surface area contributed by atoms with Gasteiger partial charge in [-0.15, -0.1) is 0 Å². The summed E-state index contributed by atoms with van der Waals surface area (Å²) in [7, 11) is 0. The molecule has 31 heavy (non-hydrogen) atoms. The number of nitrogens with two attached hydrogens (primary N) is 1. The fourth-order valence-electron chi connectivity index (χ4n) is 2.48. The van der Waals surface area contributed by atoms with Gasteiger partial charge in [0.05, 0.1) is 25.7 Å². The Hall–Kier alpha value is -0.930. The van der Waals surface area contributed by atoms with Gasteiger partial charge in [-0.3, -0.25) is 4.79 Å². The highest BCUT2D eigenvalue weighted by atomic mass is 35.5. The summed E-state index contributed by atoms with van der Waals surface area (Å²) in [6.45, 7) is 5.29. The predicted octanol–water partition coefficient (Wildman–Crippen LogP) is 4.71. The van der Waals surface area contributed by atoms with Crippen LogP contribution in [0.3, 0.4) is 0 Å². The Balaban J connectivity index is 0. The summed E-state index contributed by atoms with van der Waals surface area (Å²) in [6.07, 6.45) is 0.147. The van der Waals surface area contributed by atoms with Gasteiger partial charge in [0.15, 0.2) is 0 Å². The van der Waals surface area contributed by atoms with Crippen LogP contribution in [0.4, 0.5) is 0 Å². The van der Waals surface area contributed by atoms with E-state index in [1.54, 1.807) is 30.3 Å². The highest BCUT2D eigenvalue weighted by molar-refractivity contribution is 7.59. The SMILES string of the molecule is CC(C)(C)OC(=O)C[C@H](CO)c1cccc(Cl)c1.N[C@H](CO)c1cccc(Cl)c1.S.S. The van der Waals surface area contributed by atoms with E-state index in [9.17, 15) is 9.90 Å². The lowest BCUT2D eigenvalue weighted by atomic mass is 9.96. The summed E-state index contributed by atoms with van der Waals surface area (Å²) >= 11 is 11.6. The van der Waals surface area contributed by atoms with Gasteiger partial charge in [-0.2, -0.15) is 27.0 Å². The minimum absolute atomic E-state index is 0. The van der Waals surface area contributed by atoms with Gasteiger partial charge in [0.25, 0.3) is 0 Å². The Morgan fingerprint density at radius 1 is 0.968 bits per heavy atom. The van der Waals surface area contributed by atoms with Crippen LogP contribution in [-0.2, 0) is 9.53 Å². The van der Waals surface area contributed by atoms with Gasteiger partial charge in [-0.1, -0.05) is 47.5 Å². The van der Waals surface area contributed by atoms with E-state index >= 15 is 0 Å². The summed E-state index contributed by atoms with van der Waals surface area (Å²) < 4.78 is 5.24. The number of aliphatic hydroxyl groups excluding tert-OH is 2. The smallest absolute Gasteiger partial charge is 0.307 e. The molecule has 176 valence electrons. The van der Waals surface area contributed by atoms with Crippen LogP contribution < -0.4 is 5.73 Å². The molecule has 0 bridgehead atoms. The maximum atomic E-state index is 11.7. The van der Waals surface area contributed by atoms with Crippen molar-refractivity contribution in [3.8, 4) is 0 Å². The third-order valence-electron chi connectivity index (χ3n) is 3.85. The molecule has 9 heteroatoms. The molecule has 2 aromatic carbocycles. The van der Waals surface area contributed by atoms with Gasteiger partial charge < -0.3 is 20.7 Å². The molecule has 0 aromatic heterocycles. The highest BCUT2D eigenvalue weighted by Gasteiger charge is 2.21. The molecule has 2 aromatic rings. The summed E-state index contributed by atoms with van der Waals surface area (Å²) in [5.74, 6) is -0.597. The summed E-state index contributed by atoms with van der Waals surface area (Å²) in [4.78, 5) is 11.7. The molecule has 0 saturated heterocycles. The van der Waals surface area contributed by atoms with E-state index < -0.39 is 5.60 Å². The average Bonchev–Trinajstić information content (AvgIpc) is 2.64. The molecule has 0 aliphatic heterocycles. The van der Waals surface area contributed by atoms with Gasteiger partial charge in [0, 0.05) is 16.0 Å². The Morgan fingerprint density at radius 3 is 1.87 bits per heavy atom. The van der Waals surface area contributed by atoms with Crippen molar-refractivity contribution in [1.82, 2.24) is 0 Å². The molecule has 4 N–H and O–H groups in total. The van der Waals surface area contributed by atoms with Crippen LogP contribution in [0.5, 0.6) is 0 Å². The standard InChI is InChI=1S/C14H19ClO3.C8H10ClNO.2H2S/c1-14(2,3)18-13(17)8-11(9-16)10-5-4-6-12(15)7-10;9-7-3-1-2-6(4-7)8(10)5-11;;/h4-7,11,16H,8-9H2,1-3H3;1-4,8,11H,5,10H2;2*1H2/t11-;8-;;/m11../s1. The van der Waals surface area contributed by atoms with Crippen molar-refractivity contribution in [2.45, 2.75) is 44.8 Å². The molecule has 0 aliphatic carbocycles. The number of esters is 1. The number of ether oxygens (including phenoxy) is 1. The number of carbonyl (C=O) groups excluding carboxylic acids is 1. The predicted molar refractivity (Wildman–Crippen MR) is 138 cm³/mol. The van der Waals surface area contributed by atoms with Crippen molar-refractivity contribution in [3.63, 3.8) is 0 Å². The van der Waals surface area contributed by atoms with E-state index in [-0.39, 0.29) is 64.6 Å². The van der Waals surface area contributed by atoms with E-state index in [4.69, 9.17) is 38.8 Å².